The molecule has 0 saturated carbocycles. The summed E-state index contributed by atoms with van der Waals surface area (Å²) in [5, 5.41) is 4.28. The number of halogens is 1. The Morgan fingerprint density at radius 2 is 2.10 bits per heavy atom. The van der Waals surface area contributed by atoms with Crippen LogP contribution in [0.3, 0.4) is 0 Å². The molecule has 0 atom stereocenters. The Morgan fingerprint density at radius 3 is 2.81 bits per heavy atom. The van der Waals surface area contributed by atoms with Gasteiger partial charge in [0.25, 0.3) is 0 Å². The molecule has 1 N–H and O–H groups in total. The molecule has 1 aromatic carbocycles. The molecule has 0 amide bonds. The van der Waals surface area contributed by atoms with Gasteiger partial charge in [0.15, 0.2) is 11.6 Å². The smallest absolute Gasteiger partial charge is 0.165 e. The number of nitrogens with one attached hydrogen (secondary N) is 1. The molecule has 0 radical (unpaired) electrons. The molecule has 5 heteroatoms. The van der Waals surface area contributed by atoms with E-state index in [9.17, 15) is 4.39 Å². The van der Waals surface area contributed by atoms with E-state index in [-0.39, 0.29) is 11.6 Å². The molecular formula is C16H21FN2OS. The number of hydrogen-bond acceptors (Lipinski definition) is 4. The molecule has 0 aliphatic heterocycles. The van der Waals surface area contributed by atoms with Crippen molar-refractivity contribution in [2.24, 2.45) is 0 Å². The zero-order valence-corrected chi connectivity index (χ0v) is 13.3. The van der Waals surface area contributed by atoms with Crippen molar-refractivity contribution in [2.45, 2.75) is 39.8 Å². The van der Waals surface area contributed by atoms with E-state index in [1.807, 2.05) is 0 Å². The molecule has 1 heterocycles. The molecule has 0 bridgehead atoms. The van der Waals surface area contributed by atoms with Gasteiger partial charge in [0.05, 0.1) is 5.69 Å². The maximum absolute atomic E-state index is 13.5. The average molecular weight is 308 g/mol. The fourth-order valence-electron chi connectivity index (χ4n) is 1.99. The molecular weight excluding hydrogens is 287 g/mol. The van der Waals surface area contributed by atoms with Crippen molar-refractivity contribution in [3.05, 3.63) is 45.7 Å². The van der Waals surface area contributed by atoms with Crippen LogP contribution in [0.5, 0.6) is 5.75 Å². The standard InChI is InChI=1S/C16H21FN2OS/c1-3-9-18-10-15-13(4-2)19-16(21-15)11-20-14-8-6-5-7-12(14)17/h5-8,18H,3-4,9-11H2,1-2H3. The minimum absolute atomic E-state index is 0.274. The summed E-state index contributed by atoms with van der Waals surface area (Å²) < 4.78 is 19.0. The van der Waals surface area contributed by atoms with Gasteiger partial charge in [0, 0.05) is 11.4 Å². The summed E-state index contributed by atoms with van der Waals surface area (Å²) in [5.74, 6) is -0.0639. The van der Waals surface area contributed by atoms with Crippen LogP contribution in [0.2, 0.25) is 0 Å². The number of hydrogen-bond donors (Lipinski definition) is 1. The number of thiazole rings is 1. The monoisotopic (exact) mass is 308 g/mol. The van der Waals surface area contributed by atoms with Crippen LogP contribution in [-0.2, 0) is 19.6 Å². The van der Waals surface area contributed by atoms with E-state index in [1.165, 1.54) is 10.9 Å². The second-order valence-electron chi connectivity index (χ2n) is 4.73. The van der Waals surface area contributed by atoms with E-state index in [1.54, 1.807) is 29.5 Å². The first kappa shape index (κ1) is 15.9. The average Bonchev–Trinajstić information content (AvgIpc) is 2.89. The van der Waals surface area contributed by atoms with E-state index in [0.29, 0.717) is 6.61 Å². The third kappa shape index (κ3) is 4.51. The maximum atomic E-state index is 13.5. The van der Waals surface area contributed by atoms with Crippen LogP contribution in [0.4, 0.5) is 4.39 Å². The van der Waals surface area contributed by atoms with Crippen LogP contribution in [0.1, 0.15) is 35.8 Å². The number of aryl methyl sites for hydroxylation is 1. The molecule has 0 aliphatic rings. The Kier molecular flexibility index (Phi) is 6.14. The Labute approximate surface area is 129 Å². The zero-order chi connectivity index (χ0) is 15.1. The first-order chi connectivity index (χ1) is 10.2. The van der Waals surface area contributed by atoms with Gasteiger partial charge in [-0.2, -0.15) is 0 Å². The lowest BCUT2D eigenvalue weighted by atomic mass is 10.3. The number of ether oxygens (including phenoxy) is 1. The van der Waals surface area contributed by atoms with Crippen molar-refractivity contribution in [1.82, 2.24) is 10.3 Å². The minimum atomic E-state index is -0.338. The van der Waals surface area contributed by atoms with Crippen LogP contribution in [0.25, 0.3) is 0 Å². The van der Waals surface area contributed by atoms with Crippen LogP contribution in [0.15, 0.2) is 24.3 Å². The number of aromatic nitrogens is 1. The third-order valence-corrected chi connectivity index (χ3v) is 4.13. The largest absolute Gasteiger partial charge is 0.483 e. The summed E-state index contributed by atoms with van der Waals surface area (Å²) in [6, 6.07) is 6.44. The van der Waals surface area contributed by atoms with Crippen molar-refractivity contribution in [3.8, 4) is 5.75 Å². The topological polar surface area (TPSA) is 34.1 Å². The molecule has 21 heavy (non-hydrogen) atoms. The summed E-state index contributed by atoms with van der Waals surface area (Å²) in [5.41, 5.74) is 1.11. The molecule has 0 aliphatic carbocycles. The SMILES string of the molecule is CCCNCc1sc(COc2ccccc2F)nc1CC. The fourth-order valence-corrected chi connectivity index (χ4v) is 3.03. The summed E-state index contributed by atoms with van der Waals surface area (Å²) in [4.78, 5) is 5.83. The zero-order valence-electron chi connectivity index (χ0n) is 12.5. The fraction of sp³-hybridized carbons (Fsp3) is 0.438. The number of nitrogens with zero attached hydrogens (tertiary/aromatic N) is 1. The quantitative estimate of drug-likeness (QED) is 0.750. The first-order valence-corrected chi connectivity index (χ1v) is 8.11. The van der Waals surface area contributed by atoms with Gasteiger partial charge in [0.2, 0.25) is 0 Å². The van der Waals surface area contributed by atoms with Crippen molar-refractivity contribution in [2.75, 3.05) is 6.54 Å². The molecule has 2 rings (SSSR count). The predicted molar refractivity (Wildman–Crippen MR) is 84.2 cm³/mol. The summed E-state index contributed by atoms with van der Waals surface area (Å²) >= 11 is 1.64. The summed E-state index contributed by atoms with van der Waals surface area (Å²) in [6.07, 6.45) is 2.02. The van der Waals surface area contributed by atoms with Crippen LogP contribution < -0.4 is 10.1 Å². The van der Waals surface area contributed by atoms with Crippen LogP contribution in [-0.4, -0.2) is 11.5 Å². The van der Waals surface area contributed by atoms with Crippen molar-refractivity contribution >= 4 is 11.3 Å². The minimum Gasteiger partial charge on any atom is -0.483 e. The van der Waals surface area contributed by atoms with E-state index in [0.717, 1.165) is 36.6 Å². The van der Waals surface area contributed by atoms with Gasteiger partial charge < -0.3 is 10.1 Å². The Bertz CT molecular complexity index is 571. The second-order valence-corrected chi connectivity index (χ2v) is 5.90. The van der Waals surface area contributed by atoms with E-state index >= 15 is 0 Å². The molecule has 0 spiro atoms. The Morgan fingerprint density at radius 1 is 1.29 bits per heavy atom. The van der Waals surface area contributed by atoms with Gasteiger partial charge in [-0.3, -0.25) is 0 Å². The lowest BCUT2D eigenvalue weighted by Crippen LogP contribution is -2.13. The lowest BCUT2D eigenvalue weighted by Gasteiger charge is -2.04. The van der Waals surface area contributed by atoms with Crippen LogP contribution >= 0.6 is 11.3 Å². The summed E-state index contributed by atoms with van der Waals surface area (Å²) in [6.45, 7) is 6.40. The highest BCUT2D eigenvalue weighted by Crippen LogP contribution is 2.22. The molecule has 2 aromatic rings. The lowest BCUT2D eigenvalue weighted by molar-refractivity contribution is 0.289. The van der Waals surface area contributed by atoms with Gasteiger partial charge in [0.1, 0.15) is 11.6 Å². The molecule has 0 unspecified atom stereocenters. The molecule has 114 valence electrons. The second kappa shape index (κ2) is 8.10. The summed E-state index contributed by atoms with van der Waals surface area (Å²) in [7, 11) is 0. The van der Waals surface area contributed by atoms with E-state index in [4.69, 9.17) is 4.74 Å². The molecule has 0 saturated heterocycles. The van der Waals surface area contributed by atoms with Gasteiger partial charge in [-0.05, 0) is 31.5 Å². The highest BCUT2D eigenvalue weighted by Gasteiger charge is 2.11. The van der Waals surface area contributed by atoms with Gasteiger partial charge >= 0.3 is 0 Å². The number of rotatable bonds is 8. The van der Waals surface area contributed by atoms with Crippen LogP contribution in [0, 0.1) is 5.82 Å². The maximum Gasteiger partial charge on any atom is 0.165 e. The highest BCUT2D eigenvalue weighted by atomic mass is 32.1. The highest BCUT2D eigenvalue weighted by molar-refractivity contribution is 7.11. The van der Waals surface area contributed by atoms with Gasteiger partial charge in [-0.15, -0.1) is 11.3 Å². The Hall–Kier alpha value is -1.46. The van der Waals surface area contributed by atoms with Crippen molar-refractivity contribution < 1.29 is 9.13 Å². The Balaban J connectivity index is 1.98. The predicted octanol–water partition coefficient (Wildman–Crippen LogP) is 3.92. The number of para-hydroxylation sites is 1. The number of benzene rings is 1. The van der Waals surface area contributed by atoms with Gasteiger partial charge in [-0.1, -0.05) is 26.0 Å². The van der Waals surface area contributed by atoms with Crippen molar-refractivity contribution in [3.63, 3.8) is 0 Å². The van der Waals surface area contributed by atoms with Gasteiger partial charge in [-0.25, -0.2) is 9.37 Å². The third-order valence-electron chi connectivity index (χ3n) is 3.06. The first-order valence-electron chi connectivity index (χ1n) is 7.30. The molecule has 3 nitrogen and oxygen atoms in total. The van der Waals surface area contributed by atoms with E-state index < -0.39 is 0 Å². The molecule has 0 fully saturated rings. The normalized spacial score (nSPS) is 10.8. The van der Waals surface area contributed by atoms with E-state index in [2.05, 4.69) is 24.1 Å². The van der Waals surface area contributed by atoms with Crippen molar-refractivity contribution in [1.29, 1.82) is 0 Å². The molecule has 1 aromatic heterocycles.